The number of nitrogens with zero attached hydrogens (tertiary/aromatic N) is 1. The highest BCUT2D eigenvalue weighted by atomic mass is 16.5. The fourth-order valence-corrected chi connectivity index (χ4v) is 3.97. The maximum Gasteiger partial charge on any atom is 0.237 e. The van der Waals surface area contributed by atoms with Crippen molar-refractivity contribution in [1.29, 1.82) is 0 Å². The first-order valence-electron chi connectivity index (χ1n) is 10.1. The number of aromatic nitrogens is 1. The molecule has 0 bridgehead atoms. The van der Waals surface area contributed by atoms with Gasteiger partial charge in [0, 0.05) is 48.8 Å². The summed E-state index contributed by atoms with van der Waals surface area (Å²) in [5.74, 6) is 0.528. The first-order chi connectivity index (χ1) is 14.7. The van der Waals surface area contributed by atoms with Crippen molar-refractivity contribution in [2.75, 3.05) is 20.2 Å². The Balaban J connectivity index is 1.42. The topological polar surface area (TPSA) is 86.5 Å². The minimum Gasteiger partial charge on any atom is -0.496 e. The van der Waals surface area contributed by atoms with Gasteiger partial charge in [0.15, 0.2) is 0 Å². The molecule has 0 spiro atoms. The highest BCUT2D eigenvalue weighted by Gasteiger charge is 2.32. The van der Waals surface area contributed by atoms with E-state index in [1.54, 1.807) is 7.11 Å². The van der Waals surface area contributed by atoms with Crippen LogP contribution < -0.4 is 15.4 Å². The lowest BCUT2D eigenvalue weighted by Gasteiger charge is -2.35. The average Bonchev–Trinajstić information content (AvgIpc) is 3.24. The molecule has 3 N–H and O–H groups in total. The van der Waals surface area contributed by atoms with Crippen molar-refractivity contribution in [2.45, 2.75) is 25.6 Å². The number of benzene rings is 2. The molecule has 1 unspecified atom stereocenters. The normalized spacial score (nSPS) is 17.0. The van der Waals surface area contributed by atoms with E-state index in [0.29, 0.717) is 26.2 Å². The van der Waals surface area contributed by atoms with Crippen molar-refractivity contribution < 1.29 is 14.3 Å². The zero-order chi connectivity index (χ0) is 20.9. The number of piperazine rings is 1. The summed E-state index contributed by atoms with van der Waals surface area (Å²) in [4.78, 5) is 30.4. The summed E-state index contributed by atoms with van der Waals surface area (Å²) in [6.07, 6.45) is 2.00. The first-order valence-corrected chi connectivity index (χ1v) is 10.1. The Bertz CT molecular complexity index is 1050. The van der Waals surface area contributed by atoms with Crippen molar-refractivity contribution in [3.63, 3.8) is 0 Å². The summed E-state index contributed by atoms with van der Waals surface area (Å²) in [5, 5.41) is 6.94. The van der Waals surface area contributed by atoms with Crippen LogP contribution >= 0.6 is 0 Å². The molecule has 30 heavy (non-hydrogen) atoms. The second-order valence-corrected chi connectivity index (χ2v) is 7.43. The van der Waals surface area contributed by atoms with E-state index in [1.807, 2.05) is 59.6 Å². The minimum absolute atomic E-state index is 0.112. The van der Waals surface area contributed by atoms with Crippen LogP contribution in [0.5, 0.6) is 5.75 Å². The van der Waals surface area contributed by atoms with Crippen molar-refractivity contribution in [1.82, 2.24) is 20.5 Å². The quantitative estimate of drug-likeness (QED) is 0.561. The van der Waals surface area contributed by atoms with Crippen LogP contribution in [0.15, 0.2) is 54.7 Å². The lowest BCUT2D eigenvalue weighted by molar-refractivity contribution is -0.134. The van der Waals surface area contributed by atoms with Crippen LogP contribution in [0.25, 0.3) is 10.9 Å². The molecule has 1 atom stereocenters. The molecule has 2 heterocycles. The fraction of sp³-hybridized carbons (Fsp3) is 0.304. The molecule has 2 amide bonds. The number of ether oxygens (including phenoxy) is 1. The molecule has 1 aromatic heterocycles. The van der Waals surface area contributed by atoms with Gasteiger partial charge in [0.05, 0.1) is 19.6 Å². The van der Waals surface area contributed by atoms with Gasteiger partial charge in [0.2, 0.25) is 11.8 Å². The fourth-order valence-electron chi connectivity index (χ4n) is 3.97. The summed E-state index contributed by atoms with van der Waals surface area (Å²) in [7, 11) is 1.64. The van der Waals surface area contributed by atoms with Crippen LogP contribution in [0.4, 0.5) is 0 Å². The van der Waals surface area contributed by atoms with Gasteiger partial charge in [0.1, 0.15) is 5.75 Å². The third-order valence-corrected chi connectivity index (χ3v) is 5.55. The summed E-state index contributed by atoms with van der Waals surface area (Å²) in [6.45, 7) is 2.24. The van der Waals surface area contributed by atoms with E-state index in [4.69, 9.17) is 4.74 Å². The SMILES string of the molecule is COc1ccccc1CN1CCNC(=O)C1CC(=O)NCc1cccc2[nH]ccc12. The van der Waals surface area contributed by atoms with Gasteiger partial charge in [0.25, 0.3) is 0 Å². The number of amides is 2. The van der Waals surface area contributed by atoms with E-state index in [0.717, 1.165) is 27.8 Å². The van der Waals surface area contributed by atoms with E-state index in [1.165, 1.54) is 0 Å². The van der Waals surface area contributed by atoms with E-state index in [9.17, 15) is 9.59 Å². The lowest BCUT2D eigenvalue weighted by Crippen LogP contribution is -2.56. The van der Waals surface area contributed by atoms with Crippen LogP contribution in [-0.4, -0.2) is 47.9 Å². The second-order valence-electron chi connectivity index (χ2n) is 7.43. The summed E-state index contributed by atoms with van der Waals surface area (Å²) >= 11 is 0. The number of carbonyl (C=O) groups excluding carboxylic acids is 2. The van der Waals surface area contributed by atoms with Gasteiger partial charge in [-0.25, -0.2) is 0 Å². The monoisotopic (exact) mass is 406 g/mol. The molecule has 1 aliphatic rings. The Morgan fingerprint density at radius 2 is 2.00 bits per heavy atom. The van der Waals surface area contributed by atoms with E-state index in [-0.39, 0.29) is 18.2 Å². The maximum absolute atomic E-state index is 12.7. The number of para-hydroxylation sites is 1. The molecule has 4 rings (SSSR count). The van der Waals surface area contributed by atoms with Gasteiger partial charge in [-0.15, -0.1) is 0 Å². The minimum atomic E-state index is -0.508. The number of methoxy groups -OCH3 is 1. The Kier molecular flexibility index (Phi) is 5.99. The van der Waals surface area contributed by atoms with Crippen molar-refractivity contribution in [2.24, 2.45) is 0 Å². The molecule has 1 saturated heterocycles. The summed E-state index contributed by atoms with van der Waals surface area (Å²) < 4.78 is 5.44. The highest BCUT2D eigenvalue weighted by molar-refractivity contribution is 5.89. The number of hydrogen-bond acceptors (Lipinski definition) is 4. The number of aromatic amines is 1. The second kappa shape index (κ2) is 9.00. The molecular formula is C23H26N4O3. The number of H-pyrrole nitrogens is 1. The molecular weight excluding hydrogens is 380 g/mol. The molecule has 156 valence electrons. The molecule has 0 aliphatic carbocycles. The molecule has 3 aromatic rings. The van der Waals surface area contributed by atoms with Crippen LogP contribution in [0.1, 0.15) is 17.5 Å². The third-order valence-electron chi connectivity index (χ3n) is 5.55. The van der Waals surface area contributed by atoms with Gasteiger partial charge in [-0.2, -0.15) is 0 Å². The van der Waals surface area contributed by atoms with Gasteiger partial charge >= 0.3 is 0 Å². The predicted molar refractivity (Wildman–Crippen MR) is 115 cm³/mol. The maximum atomic E-state index is 12.7. The van der Waals surface area contributed by atoms with E-state index >= 15 is 0 Å². The van der Waals surface area contributed by atoms with Crippen molar-refractivity contribution in [3.05, 3.63) is 65.9 Å². The molecule has 2 aromatic carbocycles. The van der Waals surface area contributed by atoms with E-state index < -0.39 is 6.04 Å². The molecule has 0 radical (unpaired) electrons. The predicted octanol–water partition coefficient (Wildman–Crippen LogP) is 2.18. The number of nitrogens with one attached hydrogen (secondary N) is 3. The van der Waals surface area contributed by atoms with Gasteiger partial charge in [-0.3, -0.25) is 14.5 Å². The van der Waals surface area contributed by atoms with Gasteiger partial charge in [-0.1, -0.05) is 30.3 Å². The van der Waals surface area contributed by atoms with Crippen LogP contribution in [0.3, 0.4) is 0 Å². The molecule has 7 heteroatoms. The molecule has 1 aliphatic heterocycles. The Morgan fingerprint density at radius 1 is 1.17 bits per heavy atom. The zero-order valence-corrected chi connectivity index (χ0v) is 17.0. The zero-order valence-electron chi connectivity index (χ0n) is 17.0. The Hall–Kier alpha value is -3.32. The molecule has 1 fully saturated rings. The number of rotatable bonds is 7. The van der Waals surface area contributed by atoms with Gasteiger partial charge in [-0.05, 0) is 23.8 Å². The van der Waals surface area contributed by atoms with Crippen LogP contribution in [0.2, 0.25) is 0 Å². The number of carbonyl (C=O) groups is 2. The highest BCUT2D eigenvalue weighted by Crippen LogP contribution is 2.22. The number of hydrogen-bond donors (Lipinski definition) is 3. The molecule has 0 saturated carbocycles. The van der Waals surface area contributed by atoms with Crippen molar-refractivity contribution >= 4 is 22.7 Å². The van der Waals surface area contributed by atoms with Gasteiger partial charge < -0.3 is 20.4 Å². The van der Waals surface area contributed by atoms with E-state index in [2.05, 4.69) is 15.6 Å². The van der Waals surface area contributed by atoms with Crippen LogP contribution in [0, 0.1) is 0 Å². The standard InChI is InChI=1S/C23H26N4O3/c1-30-21-8-3-2-5-17(21)15-27-12-11-25-23(29)20(27)13-22(28)26-14-16-6-4-7-19-18(16)9-10-24-19/h2-10,20,24H,11-15H2,1H3,(H,25,29)(H,26,28). The average molecular weight is 406 g/mol. The van der Waals surface area contributed by atoms with Crippen molar-refractivity contribution in [3.8, 4) is 5.75 Å². The van der Waals surface area contributed by atoms with Crippen LogP contribution in [-0.2, 0) is 22.7 Å². The summed E-state index contributed by atoms with van der Waals surface area (Å²) in [6, 6.07) is 15.2. The Morgan fingerprint density at radius 3 is 2.87 bits per heavy atom. The first kappa shape index (κ1) is 20.0. The number of fused-ring (bicyclic) bond motifs is 1. The smallest absolute Gasteiger partial charge is 0.237 e. The molecule has 7 nitrogen and oxygen atoms in total. The third kappa shape index (κ3) is 4.31. The summed E-state index contributed by atoms with van der Waals surface area (Å²) in [5.41, 5.74) is 3.08. The largest absolute Gasteiger partial charge is 0.496 e. The lowest BCUT2D eigenvalue weighted by atomic mass is 10.1. The Labute approximate surface area is 175 Å².